The highest BCUT2D eigenvalue weighted by molar-refractivity contribution is 5.95. The fraction of sp³-hybridized carbons (Fsp3) is 0.294. The van der Waals surface area contributed by atoms with Crippen molar-refractivity contribution in [2.45, 2.75) is 6.54 Å². The third-order valence-corrected chi connectivity index (χ3v) is 4.28. The molecule has 0 aromatic carbocycles. The summed E-state index contributed by atoms with van der Waals surface area (Å²) in [5, 5.41) is 0. The average Bonchev–Trinajstić information content (AvgIpc) is 3.24. The maximum atomic E-state index is 12.7. The van der Waals surface area contributed by atoms with Crippen LogP contribution < -0.4 is 0 Å². The third-order valence-electron chi connectivity index (χ3n) is 4.28. The number of oxazole rings is 1. The van der Waals surface area contributed by atoms with Crippen LogP contribution in [0.15, 0.2) is 53.7 Å². The molecule has 0 unspecified atom stereocenters. The molecule has 1 amide bonds. The lowest BCUT2D eigenvalue weighted by Gasteiger charge is -2.34. The third kappa shape index (κ3) is 2.85. The van der Waals surface area contributed by atoms with Crippen LogP contribution in [0.1, 0.15) is 16.1 Å². The van der Waals surface area contributed by atoms with Crippen LogP contribution in [-0.4, -0.2) is 51.3 Å². The minimum Gasteiger partial charge on any atom is -0.451 e. The number of fused-ring (bicyclic) bond motifs is 1. The quantitative estimate of drug-likeness (QED) is 0.741. The minimum absolute atomic E-state index is 0.106. The standard InChI is InChI=1S/C17H18N4O2/c22-17(14-9-16-3-1-2-4-21(16)10-14)20-7-5-19(6-8-20)11-15-12-23-13-18-15/h1-4,9-10,12-13H,5-8,11H2. The second-order valence-electron chi connectivity index (χ2n) is 5.81. The smallest absolute Gasteiger partial charge is 0.255 e. The topological polar surface area (TPSA) is 54.0 Å². The second-order valence-corrected chi connectivity index (χ2v) is 5.81. The van der Waals surface area contributed by atoms with E-state index in [1.165, 1.54) is 6.39 Å². The molecule has 3 aromatic heterocycles. The predicted molar refractivity (Wildman–Crippen MR) is 85.1 cm³/mol. The van der Waals surface area contributed by atoms with Gasteiger partial charge in [0.15, 0.2) is 6.39 Å². The first-order valence-corrected chi connectivity index (χ1v) is 7.75. The predicted octanol–water partition coefficient (Wildman–Crippen LogP) is 1.89. The first kappa shape index (κ1) is 14.0. The Morgan fingerprint density at radius 1 is 1.22 bits per heavy atom. The molecule has 3 aromatic rings. The average molecular weight is 310 g/mol. The lowest BCUT2D eigenvalue weighted by Crippen LogP contribution is -2.48. The van der Waals surface area contributed by atoms with Crippen LogP contribution in [-0.2, 0) is 6.54 Å². The number of hydrogen-bond donors (Lipinski definition) is 0. The minimum atomic E-state index is 0.106. The normalized spacial score (nSPS) is 16.1. The highest BCUT2D eigenvalue weighted by atomic mass is 16.3. The van der Waals surface area contributed by atoms with Crippen LogP contribution >= 0.6 is 0 Å². The highest BCUT2D eigenvalue weighted by Gasteiger charge is 2.23. The molecule has 6 nitrogen and oxygen atoms in total. The molecular formula is C17H18N4O2. The van der Waals surface area contributed by atoms with E-state index < -0.39 is 0 Å². The van der Waals surface area contributed by atoms with Gasteiger partial charge in [0.05, 0.1) is 11.3 Å². The fourth-order valence-corrected chi connectivity index (χ4v) is 3.01. The summed E-state index contributed by atoms with van der Waals surface area (Å²) in [6, 6.07) is 7.90. The molecule has 118 valence electrons. The van der Waals surface area contributed by atoms with E-state index in [1.54, 1.807) is 6.26 Å². The van der Waals surface area contributed by atoms with E-state index in [9.17, 15) is 4.79 Å². The molecule has 23 heavy (non-hydrogen) atoms. The summed E-state index contributed by atoms with van der Waals surface area (Å²) in [5.74, 6) is 0.106. The summed E-state index contributed by atoms with van der Waals surface area (Å²) in [6.45, 7) is 3.96. The largest absolute Gasteiger partial charge is 0.451 e. The van der Waals surface area contributed by atoms with Gasteiger partial charge in [-0.1, -0.05) is 6.07 Å². The Balaban J connectivity index is 1.40. The van der Waals surface area contributed by atoms with Gasteiger partial charge in [-0.2, -0.15) is 0 Å². The lowest BCUT2D eigenvalue weighted by molar-refractivity contribution is 0.0627. The Kier molecular flexibility index (Phi) is 3.59. The van der Waals surface area contributed by atoms with Crippen molar-refractivity contribution in [2.75, 3.05) is 26.2 Å². The van der Waals surface area contributed by atoms with Crippen LogP contribution in [0.25, 0.3) is 5.52 Å². The van der Waals surface area contributed by atoms with Gasteiger partial charge >= 0.3 is 0 Å². The molecule has 0 atom stereocenters. The highest BCUT2D eigenvalue weighted by Crippen LogP contribution is 2.14. The van der Waals surface area contributed by atoms with Gasteiger partial charge in [0.2, 0.25) is 0 Å². The van der Waals surface area contributed by atoms with Crippen molar-refractivity contribution in [3.8, 4) is 0 Å². The zero-order valence-electron chi connectivity index (χ0n) is 12.8. The maximum Gasteiger partial charge on any atom is 0.255 e. The van der Waals surface area contributed by atoms with Gasteiger partial charge in [0, 0.05) is 50.6 Å². The molecular weight excluding hydrogens is 292 g/mol. The number of piperazine rings is 1. The number of rotatable bonds is 3. The van der Waals surface area contributed by atoms with Gasteiger partial charge in [-0.05, 0) is 18.2 Å². The van der Waals surface area contributed by atoms with Gasteiger partial charge < -0.3 is 13.7 Å². The Hall–Kier alpha value is -2.60. The number of carbonyl (C=O) groups is 1. The first-order chi connectivity index (χ1) is 11.3. The number of hydrogen-bond acceptors (Lipinski definition) is 4. The number of aromatic nitrogens is 2. The summed E-state index contributed by atoms with van der Waals surface area (Å²) in [7, 11) is 0. The molecule has 0 spiro atoms. The van der Waals surface area contributed by atoms with Crippen LogP contribution in [0.2, 0.25) is 0 Å². The van der Waals surface area contributed by atoms with Gasteiger partial charge in [-0.15, -0.1) is 0 Å². The molecule has 0 bridgehead atoms. The van der Waals surface area contributed by atoms with E-state index in [1.807, 2.05) is 46.0 Å². The number of nitrogens with zero attached hydrogens (tertiary/aromatic N) is 4. The molecule has 1 aliphatic heterocycles. The van der Waals surface area contributed by atoms with Crippen LogP contribution in [0.3, 0.4) is 0 Å². The second kappa shape index (κ2) is 5.89. The number of carbonyl (C=O) groups excluding carboxylic acids is 1. The fourth-order valence-electron chi connectivity index (χ4n) is 3.01. The van der Waals surface area contributed by atoms with Crippen molar-refractivity contribution in [2.24, 2.45) is 0 Å². The van der Waals surface area contributed by atoms with E-state index in [0.29, 0.717) is 0 Å². The van der Waals surface area contributed by atoms with Crippen molar-refractivity contribution in [3.05, 3.63) is 60.6 Å². The molecule has 0 N–H and O–H groups in total. The number of pyridine rings is 1. The molecule has 6 heteroatoms. The number of amides is 1. The van der Waals surface area contributed by atoms with Crippen LogP contribution in [0, 0.1) is 0 Å². The van der Waals surface area contributed by atoms with E-state index in [0.717, 1.165) is 49.5 Å². The first-order valence-electron chi connectivity index (χ1n) is 7.75. The zero-order valence-corrected chi connectivity index (χ0v) is 12.8. The molecule has 0 radical (unpaired) electrons. The van der Waals surface area contributed by atoms with Crippen molar-refractivity contribution < 1.29 is 9.21 Å². The summed E-state index contributed by atoms with van der Waals surface area (Å²) in [5.41, 5.74) is 2.73. The van der Waals surface area contributed by atoms with Gasteiger partial charge in [0.25, 0.3) is 5.91 Å². The summed E-state index contributed by atoms with van der Waals surface area (Å²) in [4.78, 5) is 21.0. The van der Waals surface area contributed by atoms with Gasteiger partial charge in [0.1, 0.15) is 6.26 Å². The Labute approximate surface area is 133 Å². The molecule has 0 saturated carbocycles. The van der Waals surface area contributed by atoms with E-state index in [-0.39, 0.29) is 5.91 Å². The Bertz CT molecular complexity index is 768. The van der Waals surface area contributed by atoms with Crippen LogP contribution in [0.4, 0.5) is 0 Å². The van der Waals surface area contributed by atoms with E-state index in [4.69, 9.17) is 4.42 Å². The molecule has 4 rings (SSSR count). The van der Waals surface area contributed by atoms with Gasteiger partial charge in [-0.3, -0.25) is 9.69 Å². The Morgan fingerprint density at radius 2 is 2.09 bits per heavy atom. The monoisotopic (exact) mass is 310 g/mol. The van der Waals surface area contributed by atoms with E-state index in [2.05, 4.69) is 9.88 Å². The maximum absolute atomic E-state index is 12.7. The Morgan fingerprint density at radius 3 is 2.83 bits per heavy atom. The SMILES string of the molecule is O=C(c1cc2ccccn2c1)N1CCN(Cc2cocn2)CC1. The molecule has 1 aliphatic rings. The molecule has 1 saturated heterocycles. The molecule has 4 heterocycles. The summed E-state index contributed by atoms with van der Waals surface area (Å²) in [6.07, 6.45) is 6.98. The van der Waals surface area contributed by atoms with Crippen molar-refractivity contribution in [1.29, 1.82) is 0 Å². The molecule has 1 fully saturated rings. The lowest BCUT2D eigenvalue weighted by atomic mass is 10.2. The molecule has 0 aliphatic carbocycles. The zero-order chi connectivity index (χ0) is 15.6. The van der Waals surface area contributed by atoms with Crippen molar-refractivity contribution >= 4 is 11.4 Å². The summed E-state index contributed by atoms with van der Waals surface area (Å²) >= 11 is 0. The summed E-state index contributed by atoms with van der Waals surface area (Å²) < 4.78 is 6.98. The van der Waals surface area contributed by atoms with Gasteiger partial charge in [-0.25, -0.2) is 4.98 Å². The van der Waals surface area contributed by atoms with Crippen LogP contribution in [0.5, 0.6) is 0 Å². The van der Waals surface area contributed by atoms with Crippen molar-refractivity contribution in [1.82, 2.24) is 19.2 Å². The van der Waals surface area contributed by atoms with E-state index >= 15 is 0 Å². The van der Waals surface area contributed by atoms with Crippen molar-refractivity contribution in [3.63, 3.8) is 0 Å².